The summed E-state index contributed by atoms with van der Waals surface area (Å²) in [4.78, 5) is 26.3. The molecule has 136 valence electrons. The van der Waals surface area contributed by atoms with Crippen molar-refractivity contribution in [2.24, 2.45) is 0 Å². The van der Waals surface area contributed by atoms with Gasteiger partial charge in [0.15, 0.2) is 5.82 Å². The first-order valence-electron chi connectivity index (χ1n) is 8.63. The highest BCUT2D eigenvalue weighted by atomic mass is 16.5. The molecule has 0 saturated carbocycles. The molecule has 0 saturated heterocycles. The first-order valence-corrected chi connectivity index (χ1v) is 8.63. The van der Waals surface area contributed by atoms with Crippen LogP contribution in [-0.4, -0.2) is 28.3 Å². The predicted octanol–water partition coefficient (Wildman–Crippen LogP) is 3.29. The van der Waals surface area contributed by atoms with E-state index < -0.39 is 6.09 Å². The van der Waals surface area contributed by atoms with E-state index in [2.05, 4.69) is 10.4 Å². The summed E-state index contributed by atoms with van der Waals surface area (Å²) in [6, 6.07) is 20.2. The van der Waals surface area contributed by atoms with Gasteiger partial charge in [0.05, 0.1) is 6.54 Å². The largest absolute Gasteiger partial charge is 0.444 e. The number of benzene rings is 2. The molecule has 3 aromatic rings. The minimum Gasteiger partial charge on any atom is -0.444 e. The third-order valence-corrected chi connectivity index (χ3v) is 4.28. The Morgan fingerprint density at radius 2 is 1.70 bits per heavy atom. The lowest BCUT2D eigenvalue weighted by Crippen LogP contribution is -2.28. The number of nitrogens with zero attached hydrogens (tertiary/aromatic N) is 3. The van der Waals surface area contributed by atoms with Gasteiger partial charge in [-0.3, -0.25) is 15.0 Å². The lowest BCUT2D eigenvalue weighted by Gasteiger charge is -2.14. The average molecular weight is 362 g/mol. The number of carbonyl (C=O) groups excluding carboxylic acids is 2. The molecule has 1 N–H and O–H groups in total. The molecule has 0 unspecified atom stereocenters. The smallest absolute Gasteiger partial charge is 0.413 e. The highest BCUT2D eigenvalue weighted by molar-refractivity contribution is 6.06. The predicted molar refractivity (Wildman–Crippen MR) is 101 cm³/mol. The van der Waals surface area contributed by atoms with Crippen molar-refractivity contribution in [2.75, 3.05) is 16.8 Å². The second-order valence-corrected chi connectivity index (χ2v) is 6.12. The third kappa shape index (κ3) is 3.67. The van der Waals surface area contributed by atoms with Crippen molar-refractivity contribution in [2.45, 2.75) is 13.2 Å². The average Bonchev–Trinajstić information content (AvgIpc) is 3.27. The molecule has 4 rings (SSSR count). The molecule has 0 fully saturated rings. The van der Waals surface area contributed by atoms with Crippen molar-refractivity contribution in [3.63, 3.8) is 0 Å². The van der Waals surface area contributed by atoms with Gasteiger partial charge in [-0.25, -0.2) is 9.48 Å². The van der Waals surface area contributed by atoms with Gasteiger partial charge in [-0.15, -0.1) is 0 Å². The molecular formula is C20H18N4O3. The van der Waals surface area contributed by atoms with Crippen molar-refractivity contribution < 1.29 is 14.3 Å². The molecule has 0 aliphatic carbocycles. The number of hydrogen-bond acceptors (Lipinski definition) is 4. The molecule has 0 spiro atoms. The zero-order valence-electron chi connectivity index (χ0n) is 14.5. The van der Waals surface area contributed by atoms with E-state index >= 15 is 0 Å². The van der Waals surface area contributed by atoms with Gasteiger partial charge in [-0.05, 0) is 17.7 Å². The topological polar surface area (TPSA) is 76.5 Å². The Labute approximate surface area is 156 Å². The maximum atomic E-state index is 12.7. The van der Waals surface area contributed by atoms with Crippen molar-refractivity contribution in [1.82, 2.24) is 9.78 Å². The van der Waals surface area contributed by atoms with Crippen LogP contribution in [0.2, 0.25) is 0 Å². The molecule has 7 heteroatoms. The van der Waals surface area contributed by atoms with Crippen LogP contribution in [0.4, 0.5) is 16.4 Å². The van der Waals surface area contributed by atoms with Crippen LogP contribution >= 0.6 is 0 Å². The molecule has 0 atom stereocenters. The Bertz CT molecular complexity index is 954. The Balaban J connectivity index is 1.40. The van der Waals surface area contributed by atoms with Gasteiger partial charge >= 0.3 is 6.09 Å². The van der Waals surface area contributed by atoms with Crippen LogP contribution in [0.3, 0.4) is 0 Å². The molecule has 2 heterocycles. The van der Waals surface area contributed by atoms with Crippen LogP contribution in [0.25, 0.3) is 0 Å². The van der Waals surface area contributed by atoms with Crippen LogP contribution in [0.5, 0.6) is 0 Å². The third-order valence-electron chi connectivity index (χ3n) is 4.28. The summed E-state index contributed by atoms with van der Waals surface area (Å²) in [5.74, 6) is 0.920. The quantitative estimate of drug-likeness (QED) is 0.773. The molecular weight excluding hydrogens is 344 g/mol. The van der Waals surface area contributed by atoms with Gasteiger partial charge in [0, 0.05) is 18.2 Å². The molecule has 1 aliphatic heterocycles. The summed E-state index contributed by atoms with van der Waals surface area (Å²) < 4.78 is 6.90. The maximum Gasteiger partial charge on any atom is 0.413 e. The lowest BCUT2D eigenvalue weighted by molar-refractivity contribution is 0.0989. The van der Waals surface area contributed by atoms with E-state index in [0.717, 1.165) is 5.56 Å². The van der Waals surface area contributed by atoms with Gasteiger partial charge in [-0.2, -0.15) is 5.10 Å². The van der Waals surface area contributed by atoms with Crippen LogP contribution in [-0.2, 0) is 17.9 Å². The van der Waals surface area contributed by atoms with Crippen LogP contribution in [0.15, 0.2) is 66.7 Å². The van der Waals surface area contributed by atoms with Crippen LogP contribution in [0.1, 0.15) is 15.9 Å². The van der Waals surface area contributed by atoms with E-state index in [0.29, 0.717) is 30.3 Å². The van der Waals surface area contributed by atoms with Gasteiger partial charge in [0.1, 0.15) is 12.4 Å². The standard InChI is InChI=1S/C20H18N4O3/c25-19(16-9-5-2-6-10-16)23-11-12-24-18(23)13-17(22-24)21-20(26)27-14-15-7-3-1-4-8-15/h1-10,13H,11-12,14H2,(H,21,22,26). The fraction of sp³-hybridized carbons (Fsp3) is 0.150. The summed E-state index contributed by atoms with van der Waals surface area (Å²) in [6.45, 7) is 1.31. The normalized spacial score (nSPS) is 12.5. The first-order chi connectivity index (χ1) is 13.2. The Morgan fingerprint density at radius 1 is 1.00 bits per heavy atom. The first kappa shape index (κ1) is 16.8. The highest BCUT2D eigenvalue weighted by Gasteiger charge is 2.28. The second-order valence-electron chi connectivity index (χ2n) is 6.12. The number of aromatic nitrogens is 2. The number of fused-ring (bicyclic) bond motifs is 1. The van der Waals surface area contributed by atoms with Crippen LogP contribution < -0.4 is 10.2 Å². The Kier molecular flexibility index (Phi) is 4.57. The molecule has 1 aromatic heterocycles. The number of rotatable bonds is 4. The summed E-state index contributed by atoms with van der Waals surface area (Å²) in [6.07, 6.45) is -0.587. The fourth-order valence-corrected chi connectivity index (χ4v) is 2.97. The lowest BCUT2D eigenvalue weighted by atomic mass is 10.2. The minimum absolute atomic E-state index is 0.0903. The summed E-state index contributed by atoms with van der Waals surface area (Å²) in [5, 5.41) is 6.93. The van der Waals surface area contributed by atoms with Crippen molar-refractivity contribution in [1.29, 1.82) is 0 Å². The van der Waals surface area contributed by atoms with Crippen molar-refractivity contribution >= 4 is 23.6 Å². The van der Waals surface area contributed by atoms with Crippen molar-refractivity contribution in [3.8, 4) is 0 Å². The Morgan fingerprint density at radius 3 is 2.44 bits per heavy atom. The van der Waals surface area contributed by atoms with Gasteiger partial charge in [-0.1, -0.05) is 48.5 Å². The number of anilines is 2. The number of ether oxygens (including phenoxy) is 1. The van der Waals surface area contributed by atoms with E-state index in [9.17, 15) is 9.59 Å². The molecule has 27 heavy (non-hydrogen) atoms. The fourth-order valence-electron chi connectivity index (χ4n) is 2.97. The molecule has 2 amide bonds. The van der Waals surface area contributed by atoms with Gasteiger partial charge in [0.25, 0.3) is 5.91 Å². The summed E-state index contributed by atoms with van der Waals surface area (Å²) in [7, 11) is 0. The number of nitrogens with one attached hydrogen (secondary N) is 1. The SMILES string of the molecule is O=C(Nc1cc2n(n1)CCN2C(=O)c1ccccc1)OCc1ccccc1. The molecule has 1 aliphatic rings. The van der Waals surface area contributed by atoms with E-state index in [1.54, 1.807) is 27.8 Å². The maximum absolute atomic E-state index is 12.7. The minimum atomic E-state index is -0.587. The van der Waals surface area contributed by atoms with E-state index in [1.165, 1.54) is 0 Å². The molecule has 2 aromatic carbocycles. The molecule has 7 nitrogen and oxygen atoms in total. The summed E-state index contributed by atoms with van der Waals surface area (Å²) >= 11 is 0. The molecule has 0 bridgehead atoms. The van der Waals surface area contributed by atoms with E-state index in [-0.39, 0.29) is 12.5 Å². The van der Waals surface area contributed by atoms with Gasteiger partial charge < -0.3 is 4.74 Å². The second kappa shape index (κ2) is 7.33. The zero-order valence-corrected chi connectivity index (χ0v) is 14.5. The highest BCUT2D eigenvalue weighted by Crippen LogP contribution is 2.26. The van der Waals surface area contributed by atoms with E-state index in [4.69, 9.17) is 4.74 Å². The number of amides is 2. The molecule has 0 radical (unpaired) electrons. The zero-order chi connectivity index (χ0) is 18.6. The Hall–Kier alpha value is -3.61. The van der Waals surface area contributed by atoms with Crippen molar-refractivity contribution in [3.05, 3.63) is 77.9 Å². The summed E-state index contributed by atoms with van der Waals surface area (Å²) in [5.41, 5.74) is 1.52. The van der Waals surface area contributed by atoms with E-state index in [1.807, 2.05) is 48.5 Å². The monoisotopic (exact) mass is 362 g/mol. The van der Waals surface area contributed by atoms with Gasteiger partial charge in [0.2, 0.25) is 0 Å². The van der Waals surface area contributed by atoms with Crippen LogP contribution in [0, 0.1) is 0 Å². The number of hydrogen-bond donors (Lipinski definition) is 1. The number of carbonyl (C=O) groups is 2.